The smallest absolute Gasteiger partial charge is 0.274 e. The number of H-pyrrole nitrogens is 1. The van der Waals surface area contributed by atoms with E-state index in [1.165, 1.54) is 12.3 Å². The van der Waals surface area contributed by atoms with Crippen LogP contribution in [0.5, 0.6) is 5.88 Å². The second kappa shape index (κ2) is 5.33. The highest BCUT2D eigenvalue weighted by Gasteiger charge is 2.13. The van der Waals surface area contributed by atoms with E-state index in [-0.39, 0.29) is 11.6 Å². The molecule has 3 aromatic rings. The Morgan fingerprint density at radius 3 is 2.77 bits per heavy atom. The summed E-state index contributed by atoms with van der Waals surface area (Å²) in [4.78, 5) is 17.7. The highest BCUT2D eigenvalue weighted by molar-refractivity contribution is 6.02. The SMILES string of the molecule is Cc1c(N=Cc2c(O)[nH]c3ccccc23)cccc1[N+](=O)[O-]. The average Bonchev–Trinajstić information content (AvgIpc) is 2.81. The number of aromatic amines is 1. The first-order chi connectivity index (χ1) is 10.6. The monoisotopic (exact) mass is 295 g/mol. The fraction of sp³-hybridized carbons (Fsp3) is 0.0625. The van der Waals surface area contributed by atoms with Gasteiger partial charge in [0.1, 0.15) is 0 Å². The molecule has 0 saturated carbocycles. The van der Waals surface area contributed by atoms with Gasteiger partial charge in [-0.15, -0.1) is 0 Å². The van der Waals surface area contributed by atoms with Crippen LogP contribution in [0.25, 0.3) is 10.9 Å². The van der Waals surface area contributed by atoms with Crippen LogP contribution in [-0.2, 0) is 0 Å². The molecule has 2 N–H and O–H groups in total. The topological polar surface area (TPSA) is 91.5 Å². The minimum atomic E-state index is -0.433. The van der Waals surface area contributed by atoms with E-state index in [1.807, 2.05) is 24.3 Å². The van der Waals surface area contributed by atoms with Crippen LogP contribution in [0, 0.1) is 17.0 Å². The van der Waals surface area contributed by atoms with E-state index in [0.29, 0.717) is 16.8 Å². The highest BCUT2D eigenvalue weighted by atomic mass is 16.6. The van der Waals surface area contributed by atoms with Crippen LogP contribution in [0.3, 0.4) is 0 Å². The molecule has 0 aliphatic rings. The molecule has 0 aliphatic heterocycles. The summed E-state index contributed by atoms with van der Waals surface area (Å²) in [5.41, 5.74) is 2.37. The van der Waals surface area contributed by atoms with Gasteiger partial charge in [0.25, 0.3) is 5.69 Å². The van der Waals surface area contributed by atoms with Crippen molar-refractivity contribution in [2.45, 2.75) is 6.92 Å². The van der Waals surface area contributed by atoms with Gasteiger partial charge in [0.05, 0.1) is 21.7 Å². The lowest BCUT2D eigenvalue weighted by Gasteiger charge is -2.00. The van der Waals surface area contributed by atoms with Gasteiger partial charge < -0.3 is 10.1 Å². The van der Waals surface area contributed by atoms with Crippen LogP contribution >= 0.6 is 0 Å². The van der Waals surface area contributed by atoms with Crippen molar-refractivity contribution >= 4 is 28.5 Å². The third-order valence-corrected chi connectivity index (χ3v) is 3.53. The summed E-state index contributed by atoms with van der Waals surface area (Å²) in [5.74, 6) is 0.0213. The summed E-state index contributed by atoms with van der Waals surface area (Å²) in [5, 5.41) is 21.8. The minimum absolute atomic E-state index is 0.0213. The third kappa shape index (κ3) is 2.31. The van der Waals surface area contributed by atoms with Crippen molar-refractivity contribution < 1.29 is 10.0 Å². The Balaban J connectivity index is 2.06. The molecule has 2 aromatic carbocycles. The van der Waals surface area contributed by atoms with Crippen molar-refractivity contribution in [3.8, 4) is 5.88 Å². The molecular weight excluding hydrogens is 282 g/mol. The van der Waals surface area contributed by atoms with Crippen LogP contribution in [0.4, 0.5) is 11.4 Å². The number of nitrogens with one attached hydrogen (secondary N) is 1. The maximum absolute atomic E-state index is 10.9. The number of para-hydroxylation sites is 1. The number of aromatic hydroxyl groups is 1. The molecule has 0 radical (unpaired) electrons. The largest absolute Gasteiger partial charge is 0.494 e. The molecule has 0 bridgehead atoms. The van der Waals surface area contributed by atoms with E-state index in [1.54, 1.807) is 19.1 Å². The Morgan fingerprint density at radius 1 is 1.23 bits per heavy atom. The van der Waals surface area contributed by atoms with Crippen LogP contribution in [0.15, 0.2) is 47.5 Å². The molecule has 0 fully saturated rings. The van der Waals surface area contributed by atoms with E-state index in [4.69, 9.17) is 0 Å². The number of aromatic nitrogens is 1. The summed E-state index contributed by atoms with van der Waals surface area (Å²) in [6, 6.07) is 12.2. The molecule has 1 aromatic heterocycles. The fourth-order valence-electron chi connectivity index (χ4n) is 2.36. The van der Waals surface area contributed by atoms with Crippen LogP contribution in [0.2, 0.25) is 0 Å². The number of hydrogen-bond donors (Lipinski definition) is 2. The van der Waals surface area contributed by atoms with Gasteiger partial charge in [-0.25, -0.2) is 0 Å². The van der Waals surface area contributed by atoms with Crippen LogP contribution < -0.4 is 0 Å². The number of benzene rings is 2. The Morgan fingerprint density at radius 2 is 2.00 bits per heavy atom. The molecule has 110 valence electrons. The van der Waals surface area contributed by atoms with Gasteiger partial charge in [-0.2, -0.15) is 0 Å². The van der Waals surface area contributed by atoms with Crippen molar-refractivity contribution in [3.05, 3.63) is 63.7 Å². The quantitative estimate of drug-likeness (QED) is 0.437. The molecule has 22 heavy (non-hydrogen) atoms. The zero-order valence-corrected chi connectivity index (χ0v) is 11.8. The molecule has 0 atom stereocenters. The second-order valence-corrected chi connectivity index (χ2v) is 4.87. The maximum Gasteiger partial charge on any atom is 0.274 e. The van der Waals surface area contributed by atoms with Gasteiger partial charge in [0, 0.05) is 23.2 Å². The molecule has 6 nitrogen and oxygen atoms in total. The molecule has 0 spiro atoms. The van der Waals surface area contributed by atoms with Gasteiger partial charge in [0.2, 0.25) is 0 Å². The number of nitro benzene ring substituents is 1. The Bertz CT molecular complexity index is 897. The molecular formula is C16H13N3O3. The minimum Gasteiger partial charge on any atom is -0.494 e. The average molecular weight is 295 g/mol. The number of nitrogens with zero attached hydrogens (tertiary/aromatic N) is 2. The van der Waals surface area contributed by atoms with Gasteiger partial charge in [0.15, 0.2) is 5.88 Å². The molecule has 0 saturated heterocycles. The zero-order chi connectivity index (χ0) is 15.7. The van der Waals surface area contributed by atoms with Gasteiger partial charge in [-0.1, -0.05) is 24.3 Å². The summed E-state index contributed by atoms with van der Waals surface area (Å²) in [7, 11) is 0. The van der Waals surface area contributed by atoms with Crippen molar-refractivity contribution in [2.24, 2.45) is 4.99 Å². The first kappa shape index (κ1) is 13.8. The third-order valence-electron chi connectivity index (χ3n) is 3.53. The zero-order valence-electron chi connectivity index (χ0n) is 11.8. The van der Waals surface area contributed by atoms with E-state index >= 15 is 0 Å². The predicted octanol–water partition coefficient (Wildman–Crippen LogP) is 3.84. The summed E-state index contributed by atoms with van der Waals surface area (Å²) < 4.78 is 0. The Hall–Kier alpha value is -3.15. The second-order valence-electron chi connectivity index (χ2n) is 4.87. The predicted molar refractivity (Wildman–Crippen MR) is 85.1 cm³/mol. The molecule has 0 aliphatic carbocycles. The van der Waals surface area contributed by atoms with E-state index in [9.17, 15) is 15.2 Å². The van der Waals surface area contributed by atoms with E-state index in [0.717, 1.165) is 10.9 Å². The van der Waals surface area contributed by atoms with Crippen molar-refractivity contribution in [1.29, 1.82) is 0 Å². The number of hydrogen-bond acceptors (Lipinski definition) is 4. The highest BCUT2D eigenvalue weighted by Crippen LogP contribution is 2.29. The summed E-state index contributed by atoms with van der Waals surface area (Å²) >= 11 is 0. The lowest BCUT2D eigenvalue weighted by Crippen LogP contribution is -1.91. The number of rotatable bonds is 3. The Kier molecular flexibility index (Phi) is 3.34. The lowest BCUT2D eigenvalue weighted by molar-refractivity contribution is -0.385. The van der Waals surface area contributed by atoms with Crippen LogP contribution in [-0.4, -0.2) is 21.2 Å². The van der Waals surface area contributed by atoms with E-state index in [2.05, 4.69) is 9.98 Å². The van der Waals surface area contributed by atoms with Crippen molar-refractivity contribution in [1.82, 2.24) is 4.98 Å². The standard InChI is InChI=1S/C16H13N3O3/c1-10-13(7-4-8-15(10)19(21)22)17-9-12-11-5-2-3-6-14(11)18-16(12)20/h2-9,18,20H,1H3. The molecule has 0 unspecified atom stereocenters. The van der Waals surface area contributed by atoms with Gasteiger partial charge in [-0.05, 0) is 19.1 Å². The first-order valence-electron chi connectivity index (χ1n) is 6.65. The Labute approximate surface area is 125 Å². The summed E-state index contributed by atoms with van der Waals surface area (Å²) in [6.45, 7) is 1.65. The molecule has 3 rings (SSSR count). The number of nitro groups is 1. The fourth-order valence-corrected chi connectivity index (χ4v) is 2.36. The first-order valence-corrected chi connectivity index (χ1v) is 6.65. The molecule has 6 heteroatoms. The van der Waals surface area contributed by atoms with Crippen molar-refractivity contribution in [2.75, 3.05) is 0 Å². The van der Waals surface area contributed by atoms with Crippen LogP contribution in [0.1, 0.15) is 11.1 Å². The number of aliphatic imine (C=N–C) groups is 1. The van der Waals surface area contributed by atoms with Gasteiger partial charge in [-0.3, -0.25) is 15.1 Å². The van der Waals surface area contributed by atoms with Gasteiger partial charge >= 0.3 is 0 Å². The number of fused-ring (bicyclic) bond motifs is 1. The lowest BCUT2D eigenvalue weighted by atomic mass is 10.1. The maximum atomic E-state index is 10.9. The van der Waals surface area contributed by atoms with E-state index < -0.39 is 4.92 Å². The normalized spacial score (nSPS) is 11.3. The molecule has 1 heterocycles. The molecule has 0 amide bonds. The van der Waals surface area contributed by atoms with Crippen molar-refractivity contribution in [3.63, 3.8) is 0 Å². The summed E-state index contributed by atoms with van der Waals surface area (Å²) in [6.07, 6.45) is 1.51.